The zero-order valence-electron chi connectivity index (χ0n) is 8.28. The van der Waals surface area contributed by atoms with Gasteiger partial charge in [-0.3, -0.25) is 0 Å². The minimum Gasteiger partial charge on any atom is -0.456 e. The van der Waals surface area contributed by atoms with E-state index in [0.717, 1.165) is 0 Å². The van der Waals surface area contributed by atoms with E-state index < -0.39 is 0 Å². The number of ether oxygens (including phenoxy) is 1. The van der Waals surface area contributed by atoms with Crippen molar-refractivity contribution in [3.8, 4) is 11.5 Å². The van der Waals surface area contributed by atoms with Gasteiger partial charge in [0, 0.05) is 6.07 Å². The van der Waals surface area contributed by atoms with Gasteiger partial charge in [-0.05, 0) is 24.3 Å². The van der Waals surface area contributed by atoms with Gasteiger partial charge in [-0.25, -0.2) is 0 Å². The summed E-state index contributed by atoms with van der Waals surface area (Å²) in [4.78, 5) is 0. The molecule has 0 spiro atoms. The Labute approximate surface area is 104 Å². The Balaban J connectivity index is 2.28. The molecule has 2 aromatic rings. The summed E-state index contributed by atoms with van der Waals surface area (Å²) in [5.41, 5.74) is 6.12. The lowest BCUT2D eigenvalue weighted by Crippen LogP contribution is -1.88. The second kappa shape index (κ2) is 4.64. The molecule has 0 heterocycles. The Kier molecular flexibility index (Phi) is 3.22. The molecular formula is C12H9Cl2NO. The van der Waals surface area contributed by atoms with Crippen LogP contribution in [0.25, 0.3) is 0 Å². The maximum absolute atomic E-state index is 5.96. The fraction of sp³-hybridized carbons (Fsp3) is 0. The van der Waals surface area contributed by atoms with Crippen LogP contribution in [-0.2, 0) is 0 Å². The summed E-state index contributed by atoms with van der Waals surface area (Å²) < 4.78 is 5.57. The lowest BCUT2D eigenvalue weighted by Gasteiger charge is -2.08. The number of halogens is 2. The number of rotatable bonds is 2. The molecule has 0 aliphatic heterocycles. The van der Waals surface area contributed by atoms with E-state index in [1.54, 1.807) is 30.3 Å². The molecule has 82 valence electrons. The van der Waals surface area contributed by atoms with E-state index in [9.17, 15) is 0 Å². The molecule has 0 unspecified atom stereocenters. The topological polar surface area (TPSA) is 35.2 Å². The van der Waals surface area contributed by atoms with E-state index in [4.69, 9.17) is 33.7 Å². The highest BCUT2D eigenvalue weighted by Gasteiger charge is 2.03. The van der Waals surface area contributed by atoms with E-state index in [2.05, 4.69) is 0 Å². The van der Waals surface area contributed by atoms with E-state index in [-0.39, 0.29) is 0 Å². The van der Waals surface area contributed by atoms with Crippen LogP contribution in [0.1, 0.15) is 0 Å². The second-order valence-corrected chi connectivity index (χ2v) is 4.03. The van der Waals surface area contributed by atoms with Gasteiger partial charge >= 0.3 is 0 Å². The third kappa shape index (κ3) is 2.40. The predicted molar refractivity (Wildman–Crippen MR) is 67.4 cm³/mol. The predicted octanol–water partition coefficient (Wildman–Crippen LogP) is 4.37. The summed E-state index contributed by atoms with van der Waals surface area (Å²) in [6, 6.07) is 12.3. The molecule has 2 nitrogen and oxygen atoms in total. The largest absolute Gasteiger partial charge is 0.456 e. The number of nitrogen functional groups attached to an aromatic ring is 1. The van der Waals surface area contributed by atoms with Crippen LogP contribution in [-0.4, -0.2) is 0 Å². The van der Waals surface area contributed by atoms with Crippen molar-refractivity contribution in [3.05, 3.63) is 52.5 Å². The van der Waals surface area contributed by atoms with Crippen molar-refractivity contribution in [3.63, 3.8) is 0 Å². The highest BCUT2D eigenvalue weighted by atomic mass is 35.5. The first-order chi connectivity index (χ1) is 7.66. The fourth-order valence-corrected chi connectivity index (χ4v) is 1.57. The van der Waals surface area contributed by atoms with E-state index >= 15 is 0 Å². The van der Waals surface area contributed by atoms with E-state index in [1.807, 2.05) is 12.1 Å². The van der Waals surface area contributed by atoms with Crippen LogP contribution >= 0.6 is 23.2 Å². The van der Waals surface area contributed by atoms with Crippen molar-refractivity contribution in [2.75, 3.05) is 5.73 Å². The molecule has 0 fully saturated rings. The Morgan fingerprint density at radius 1 is 0.938 bits per heavy atom. The number of nitrogens with two attached hydrogens (primary N) is 1. The zero-order chi connectivity index (χ0) is 11.5. The van der Waals surface area contributed by atoms with Gasteiger partial charge in [0.1, 0.15) is 11.5 Å². The highest BCUT2D eigenvalue weighted by Crippen LogP contribution is 2.31. The lowest BCUT2D eigenvalue weighted by molar-refractivity contribution is 0.483. The molecule has 2 rings (SSSR count). The third-order valence-electron chi connectivity index (χ3n) is 2.04. The highest BCUT2D eigenvalue weighted by molar-refractivity contribution is 6.33. The molecule has 2 N–H and O–H groups in total. The van der Waals surface area contributed by atoms with Gasteiger partial charge < -0.3 is 10.5 Å². The Hall–Kier alpha value is -1.38. The van der Waals surface area contributed by atoms with Crippen molar-refractivity contribution in [1.29, 1.82) is 0 Å². The van der Waals surface area contributed by atoms with Crippen LogP contribution in [0.5, 0.6) is 11.5 Å². The lowest BCUT2D eigenvalue weighted by atomic mass is 10.3. The van der Waals surface area contributed by atoms with Crippen molar-refractivity contribution < 1.29 is 4.74 Å². The molecule has 0 bridgehead atoms. The first-order valence-corrected chi connectivity index (χ1v) is 5.40. The van der Waals surface area contributed by atoms with Gasteiger partial charge in [-0.1, -0.05) is 35.3 Å². The van der Waals surface area contributed by atoms with Crippen molar-refractivity contribution >= 4 is 28.9 Å². The molecule has 0 aliphatic carbocycles. The first kappa shape index (κ1) is 11.1. The van der Waals surface area contributed by atoms with Gasteiger partial charge in [0.2, 0.25) is 0 Å². The van der Waals surface area contributed by atoms with Gasteiger partial charge in [0.25, 0.3) is 0 Å². The van der Waals surface area contributed by atoms with Crippen molar-refractivity contribution in [2.24, 2.45) is 0 Å². The molecule has 4 heteroatoms. The summed E-state index contributed by atoms with van der Waals surface area (Å²) in [6.07, 6.45) is 0. The molecular weight excluding hydrogens is 245 g/mol. The average molecular weight is 254 g/mol. The SMILES string of the molecule is Nc1ccc(Oc2ccccc2Cl)cc1Cl. The Morgan fingerprint density at radius 3 is 2.38 bits per heavy atom. The Bertz CT molecular complexity index is 514. The molecule has 0 atom stereocenters. The molecule has 0 aromatic heterocycles. The molecule has 2 aromatic carbocycles. The van der Waals surface area contributed by atoms with E-state index in [1.165, 1.54) is 0 Å². The van der Waals surface area contributed by atoms with Crippen LogP contribution in [0.3, 0.4) is 0 Å². The molecule has 0 saturated heterocycles. The van der Waals surface area contributed by atoms with E-state index in [0.29, 0.717) is 27.2 Å². The maximum Gasteiger partial charge on any atom is 0.146 e. The Morgan fingerprint density at radius 2 is 1.69 bits per heavy atom. The standard InChI is InChI=1S/C12H9Cl2NO/c13-9-3-1-2-4-12(9)16-8-5-6-11(15)10(14)7-8/h1-7H,15H2. The number of hydrogen-bond donors (Lipinski definition) is 1. The normalized spacial score (nSPS) is 10.1. The third-order valence-corrected chi connectivity index (χ3v) is 2.68. The van der Waals surface area contributed by atoms with Gasteiger partial charge in [0.15, 0.2) is 0 Å². The summed E-state index contributed by atoms with van der Waals surface area (Å²) >= 11 is 11.8. The minimum atomic E-state index is 0.463. The van der Waals surface area contributed by atoms with Crippen molar-refractivity contribution in [1.82, 2.24) is 0 Å². The average Bonchev–Trinajstić information content (AvgIpc) is 2.27. The summed E-state index contributed by atoms with van der Waals surface area (Å²) in [5.74, 6) is 1.19. The molecule has 0 radical (unpaired) electrons. The molecule has 16 heavy (non-hydrogen) atoms. The molecule has 0 aliphatic rings. The second-order valence-electron chi connectivity index (χ2n) is 3.22. The first-order valence-electron chi connectivity index (χ1n) is 4.64. The minimum absolute atomic E-state index is 0.463. The quantitative estimate of drug-likeness (QED) is 0.807. The molecule has 0 amide bonds. The summed E-state index contributed by atoms with van der Waals surface area (Å²) in [5, 5.41) is 1.01. The van der Waals surface area contributed by atoms with Crippen molar-refractivity contribution in [2.45, 2.75) is 0 Å². The monoisotopic (exact) mass is 253 g/mol. The van der Waals surface area contributed by atoms with Crippen LogP contribution in [0.2, 0.25) is 10.0 Å². The van der Waals surface area contributed by atoms with Gasteiger partial charge in [0.05, 0.1) is 15.7 Å². The molecule has 0 saturated carbocycles. The summed E-state index contributed by atoms with van der Waals surface area (Å²) in [6.45, 7) is 0. The smallest absolute Gasteiger partial charge is 0.146 e. The summed E-state index contributed by atoms with van der Waals surface area (Å²) in [7, 11) is 0. The van der Waals surface area contributed by atoms with Crippen LogP contribution in [0.4, 0.5) is 5.69 Å². The maximum atomic E-state index is 5.96. The van der Waals surface area contributed by atoms with Crippen LogP contribution < -0.4 is 10.5 Å². The zero-order valence-corrected chi connectivity index (χ0v) is 9.79. The number of benzene rings is 2. The van der Waals surface area contributed by atoms with Gasteiger partial charge in [-0.2, -0.15) is 0 Å². The number of para-hydroxylation sites is 1. The van der Waals surface area contributed by atoms with Crippen LogP contribution in [0.15, 0.2) is 42.5 Å². The van der Waals surface area contributed by atoms with Gasteiger partial charge in [-0.15, -0.1) is 0 Å². The fourth-order valence-electron chi connectivity index (χ4n) is 1.23. The number of anilines is 1. The van der Waals surface area contributed by atoms with Crippen LogP contribution in [0, 0.1) is 0 Å². The number of hydrogen-bond acceptors (Lipinski definition) is 2.